The van der Waals surface area contributed by atoms with Crippen LogP contribution in [0.4, 0.5) is 0 Å². The van der Waals surface area contributed by atoms with Gasteiger partial charge in [-0.15, -0.1) is 0 Å². The average Bonchev–Trinajstić information content (AvgIpc) is 2.50. The first kappa shape index (κ1) is 22.0. The van der Waals surface area contributed by atoms with Gasteiger partial charge in [0.1, 0.15) is 0 Å². The van der Waals surface area contributed by atoms with Gasteiger partial charge in [-0.3, -0.25) is 9.35 Å². The van der Waals surface area contributed by atoms with Crippen LogP contribution >= 0.6 is 0 Å². The van der Waals surface area contributed by atoms with Crippen molar-refractivity contribution < 1.29 is 46.1 Å². The van der Waals surface area contributed by atoms with Crippen LogP contribution in [0, 0.1) is 5.92 Å². The van der Waals surface area contributed by atoms with Crippen molar-refractivity contribution in [1.29, 1.82) is 0 Å². The molecule has 0 aliphatic carbocycles. The highest BCUT2D eigenvalue weighted by Crippen LogP contribution is 2.23. The van der Waals surface area contributed by atoms with Gasteiger partial charge in [0.15, 0.2) is 0 Å². The largest absolute Gasteiger partial charge is 0.481 e. The molecule has 0 aromatic heterocycles. The number of hydrogen-bond donors (Lipinski definition) is 2. The fourth-order valence-corrected chi connectivity index (χ4v) is 2.16. The van der Waals surface area contributed by atoms with Crippen molar-refractivity contribution in [3.63, 3.8) is 0 Å². The van der Waals surface area contributed by atoms with Crippen LogP contribution in [0.2, 0.25) is 0 Å². The monoisotopic (exact) mass is 368 g/mol. The van der Waals surface area contributed by atoms with E-state index in [1.807, 2.05) is 0 Å². The van der Waals surface area contributed by atoms with E-state index in [1.165, 1.54) is 6.92 Å². The topological polar surface area (TPSA) is 154 Å². The van der Waals surface area contributed by atoms with Gasteiger partial charge in [-0.05, 0) is 26.2 Å². The van der Waals surface area contributed by atoms with Gasteiger partial charge in [0, 0.05) is 5.57 Å². The number of carboxylic acid groups (broad SMARTS) is 1. The molecule has 0 heterocycles. The van der Waals surface area contributed by atoms with Gasteiger partial charge in [-0.2, -0.15) is 8.42 Å². The average molecular weight is 368 g/mol. The lowest BCUT2D eigenvalue weighted by atomic mass is 9.92. The second-order valence-electron chi connectivity index (χ2n) is 4.64. The van der Waals surface area contributed by atoms with Crippen molar-refractivity contribution in [3.8, 4) is 0 Å². The number of unbranched alkanes of at least 4 members (excludes halogenated alkanes) is 1. The van der Waals surface area contributed by atoms with Gasteiger partial charge in [-0.1, -0.05) is 0 Å². The minimum absolute atomic E-state index is 0.0659. The third kappa shape index (κ3) is 7.53. The number of carbonyl (C=O) groups is 3. The number of rotatable bonds is 10. The number of ether oxygens (including phenoxy) is 2. The van der Waals surface area contributed by atoms with Crippen LogP contribution in [0.25, 0.3) is 0 Å². The highest BCUT2D eigenvalue weighted by Gasteiger charge is 2.30. The summed E-state index contributed by atoms with van der Waals surface area (Å²) in [5.74, 6) is -4.49. The van der Waals surface area contributed by atoms with Gasteiger partial charge in [0.05, 0.1) is 32.3 Å². The molecule has 1 unspecified atom stereocenters. The van der Waals surface area contributed by atoms with E-state index >= 15 is 0 Å². The summed E-state index contributed by atoms with van der Waals surface area (Å²) in [6, 6.07) is 0. The zero-order valence-electron chi connectivity index (χ0n) is 13.5. The van der Waals surface area contributed by atoms with Crippen LogP contribution in [0.1, 0.15) is 26.2 Å². The Balaban J connectivity index is 5.33. The van der Waals surface area contributed by atoms with E-state index in [-0.39, 0.29) is 37.0 Å². The smallest absolute Gasteiger partial charge is 0.397 e. The predicted molar refractivity (Wildman–Crippen MR) is 79.2 cm³/mol. The summed E-state index contributed by atoms with van der Waals surface area (Å²) in [5, 5.41) is 9.09. The molecular formula is C13H20O10S. The van der Waals surface area contributed by atoms with E-state index in [0.717, 1.165) is 14.2 Å². The summed E-state index contributed by atoms with van der Waals surface area (Å²) in [6.45, 7) is 0.883. The molecule has 138 valence electrons. The van der Waals surface area contributed by atoms with Crippen molar-refractivity contribution in [1.82, 2.24) is 0 Å². The van der Waals surface area contributed by atoms with Crippen LogP contribution in [0.3, 0.4) is 0 Å². The Bertz CT molecular complexity index is 604. The van der Waals surface area contributed by atoms with Crippen molar-refractivity contribution in [2.45, 2.75) is 26.2 Å². The van der Waals surface area contributed by atoms with E-state index in [9.17, 15) is 22.8 Å². The van der Waals surface area contributed by atoms with E-state index in [2.05, 4.69) is 13.7 Å². The minimum Gasteiger partial charge on any atom is -0.481 e. The summed E-state index contributed by atoms with van der Waals surface area (Å²) in [6.07, 6.45) is 0.229. The molecule has 11 heteroatoms. The summed E-state index contributed by atoms with van der Waals surface area (Å²) >= 11 is 0. The zero-order valence-corrected chi connectivity index (χ0v) is 14.3. The Hall–Kier alpha value is -1.98. The number of carboxylic acids is 1. The molecular weight excluding hydrogens is 348 g/mol. The lowest BCUT2D eigenvalue weighted by molar-refractivity contribution is -0.145. The second-order valence-corrected chi connectivity index (χ2v) is 5.73. The Morgan fingerprint density at radius 2 is 1.58 bits per heavy atom. The number of esters is 2. The molecule has 0 fully saturated rings. The molecule has 0 saturated heterocycles. The molecule has 0 aromatic carbocycles. The summed E-state index contributed by atoms with van der Waals surface area (Å²) in [5.41, 5.74) is -0.515. The summed E-state index contributed by atoms with van der Waals surface area (Å²) in [7, 11) is -2.44. The van der Waals surface area contributed by atoms with Gasteiger partial charge >= 0.3 is 28.3 Å². The Labute approximate surface area is 139 Å². The Morgan fingerprint density at radius 3 is 2.00 bits per heavy atom. The fraction of sp³-hybridized carbons (Fsp3) is 0.615. The SMILES string of the molecule is COC(=O)C(CCCCOS(=O)(=O)O)=C(C(=O)OC)C(C)C(=O)O. The molecule has 0 aromatic rings. The zero-order chi connectivity index (χ0) is 18.9. The number of aliphatic carboxylic acids is 1. The number of hydrogen-bond acceptors (Lipinski definition) is 8. The van der Waals surface area contributed by atoms with Crippen LogP contribution in [-0.4, -0.2) is 56.8 Å². The molecule has 0 radical (unpaired) electrons. The molecule has 0 aliphatic heterocycles. The van der Waals surface area contributed by atoms with Crippen molar-refractivity contribution in [2.75, 3.05) is 20.8 Å². The standard InChI is InChI=1S/C13H20O10S/c1-8(11(14)15)10(13(17)22-3)9(12(16)21-2)6-4-5-7-23-24(18,19)20/h8H,4-7H2,1-3H3,(H,14,15)(H,18,19,20). The first-order valence-corrected chi connectivity index (χ1v) is 8.16. The van der Waals surface area contributed by atoms with Crippen molar-refractivity contribution in [3.05, 3.63) is 11.1 Å². The maximum Gasteiger partial charge on any atom is 0.397 e. The van der Waals surface area contributed by atoms with E-state index in [1.54, 1.807) is 0 Å². The maximum absolute atomic E-state index is 11.9. The third-order valence-corrected chi connectivity index (χ3v) is 3.48. The lowest BCUT2D eigenvalue weighted by Crippen LogP contribution is -2.24. The van der Waals surface area contributed by atoms with Gasteiger partial charge in [0.25, 0.3) is 0 Å². The number of carbonyl (C=O) groups excluding carboxylic acids is 2. The lowest BCUT2D eigenvalue weighted by Gasteiger charge is -2.15. The first-order chi connectivity index (χ1) is 11.0. The molecule has 1 atom stereocenters. The highest BCUT2D eigenvalue weighted by atomic mass is 32.3. The first-order valence-electron chi connectivity index (χ1n) is 6.79. The number of methoxy groups -OCH3 is 2. The van der Waals surface area contributed by atoms with Crippen molar-refractivity contribution >= 4 is 28.3 Å². The molecule has 0 bridgehead atoms. The van der Waals surface area contributed by atoms with E-state index < -0.39 is 34.2 Å². The fourth-order valence-electron chi connectivity index (χ4n) is 1.83. The van der Waals surface area contributed by atoms with E-state index in [4.69, 9.17) is 9.66 Å². The van der Waals surface area contributed by atoms with Gasteiger partial charge < -0.3 is 14.6 Å². The molecule has 0 rings (SSSR count). The molecule has 10 nitrogen and oxygen atoms in total. The third-order valence-electron chi connectivity index (χ3n) is 3.02. The molecule has 0 saturated carbocycles. The molecule has 2 N–H and O–H groups in total. The Morgan fingerprint density at radius 1 is 1.04 bits per heavy atom. The second kappa shape index (κ2) is 10.0. The molecule has 0 amide bonds. The normalized spacial score (nSPS) is 13.7. The van der Waals surface area contributed by atoms with Crippen molar-refractivity contribution in [2.24, 2.45) is 5.92 Å². The summed E-state index contributed by atoms with van der Waals surface area (Å²) in [4.78, 5) is 34.9. The summed E-state index contributed by atoms with van der Waals surface area (Å²) < 4.78 is 42.4. The van der Waals surface area contributed by atoms with Crippen LogP contribution < -0.4 is 0 Å². The Kier molecular flexibility index (Phi) is 9.18. The molecule has 0 spiro atoms. The van der Waals surface area contributed by atoms with E-state index in [0.29, 0.717) is 0 Å². The van der Waals surface area contributed by atoms with Crippen LogP contribution in [0.15, 0.2) is 11.1 Å². The van der Waals surface area contributed by atoms with Gasteiger partial charge in [-0.25, -0.2) is 13.8 Å². The minimum atomic E-state index is -4.56. The van der Waals surface area contributed by atoms with Crippen LogP contribution in [0.5, 0.6) is 0 Å². The quantitative estimate of drug-likeness (QED) is 0.239. The molecule has 0 aliphatic rings. The predicted octanol–water partition coefficient (Wildman–Crippen LogP) is 0.339. The highest BCUT2D eigenvalue weighted by molar-refractivity contribution is 7.80. The molecule has 24 heavy (non-hydrogen) atoms. The maximum atomic E-state index is 11.9. The van der Waals surface area contributed by atoms with Gasteiger partial charge in [0.2, 0.25) is 0 Å². The van der Waals surface area contributed by atoms with Crippen LogP contribution in [-0.2, 0) is 38.4 Å².